The van der Waals surface area contributed by atoms with Crippen LogP contribution in [0.5, 0.6) is 0 Å². The zero-order valence-electron chi connectivity index (χ0n) is 7.67. The van der Waals surface area contributed by atoms with Gasteiger partial charge in [-0.3, -0.25) is 9.59 Å². The van der Waals surface area contributed by atoms with Gasteiger partial charge in [-0.1, -0.05) is 6.08 Å². The lowest BCUT2D eigenvalue weighted by Crippen LogP contribution is -2.27. The first-order chi connectivity index (χ1) is 6.15. The SMILES string of the molecule is CC(=O)C12C=CC(=O)C=C1CCC2. The minimum atomic E-state index is -0.409. The summed E-state index contributed by atoms with van der Waals surface area (Å²) in [5, 5.41) is 0. The van der Waals surface area contributed by atoms with Crippen LogP contribution in [0.25, 0.3) is 0 Å². The van der Waals surface area contributed by atoms with Gasteiger partial charge in [0.1, 0.15) is 5.78 Å². The highest BCUT2D eigenvalue weighted by Crippen LogP contribution is 2.46. The van der Waals surface area contributed by atoms with Crippen molar-refractivity contribution in [3.05, 3.63) is 23.8 Å². The van der Waals surface area contributed by atoms with Crippen molar-refractivity contribution < 1.29 is 9.59 Å². The summed E-state index contributed by atoms with van der Waals surface area (Å²) >= 11 is 0. The fraction of sp³-hybridized carbons (Fsp3) is 0.455. The molecular weight excluding hydrogens is 164 g/mol. The standard InChI is InChI=1S/C11H12O2/c1-8(12)11-5-2-3-9(11)7-10(13)4-6-11/h4,6-7H,2-3,5H2,1H3. The highest BCUT2D eigenvalue weighted by Gasteiger charge is 2.41. The molecule has 0 aromatic carbocycles. The average molecular weight is 176 g/mol. The Morgan fingerprint density at radius 2 is 2.31 bits per heavy atom. The molecule has 2 nitrogen and oxygen atoms in total. The van der Waals surface area contributed by atoms with E-state index in [9.17, 15) is 9.59 Å². The topological polar surface area (TPSA) is 34.1 Å². The van der Waals surface area contributed by atoms with Gasteiger partial charge >= 0.3 is 0 Å². The van der Waals surface area contributed by atoms with Gasteiger partial charge in [-0.05, 0) is 43.9 Å². The minimum absolute atomic E-state index is 0.0220. The maximum atomic E-state index is 11.5. The van der Waals surface area contributed by atoms with Gasteiger partial charge < -0.3 is 0 Å². The van der Waals surface area contributed by atoms with Crippen molar-refractivity contribution in [1.82, 2.24) is 0 Å². The Kier molecular flexibility index (Phi) is 1.72. The number of ketones is 2. The lowest BCUT2D eigenvalue weighted by atomic mass is 9.75. The summed E-state index contributed by atoms with van der Waals surface area (Å²) in [6.45, 7) is 1.61. The quantitative estimate of drug-likeness (QED) is 0.610. The third-order valence-corrected chi connectivity index (χ3v) is 3.07. The lowest BCUT2D eigenvalue weighted by Gasteiger charge is -2.26. The van der Waals surface area contributed by atoms with Gasteiger partial charge in [0.25, 0.3) is 0 Å². The molecule has 0 saturated heterocycles. The summed E-state index contributed by atoms with van der Waals surface area (Å²) in [4.78, 5) is 22.6. The number of fused-ring (bicyclic) bond motifs is 1. The zero-order valence-corrected chi connectivity index (χ0v) is 7.67. The summed E-state index contributed by atoms with van der Waals surface area (Å²) in [5.41, 5.74) is 0.612. The number of hydrogen-bond donors (Lipinski definition) is 0. The van der Waals surface area contributed by atoms with Crippen LogP contribution < -0.4 is 0 Å². The van der Waals surface area contributed by atoms with E-state index in [0.29, 0.717) is 0 Å². The minimum Gasteiger partial charge on any atom is -0.299 e. The van der Waals surface area contributed by atoms with Gasteiger partial charge in [0.05, 0.1) is 5.41 Å². The van der Waals surface area contributed by atoms with Crippen molar-refractivity contribution in [3.8, 4) is 0 Å². The zero-order chi connectivity index (χ0) is 9.47. The Morgan fingerprint density at radius 3 is 3.00 bits per heavy atom. The summed E-state index contributed by atoms with van der Waals surface area (Å²) in [5.74, 6) is 0.189. The van der Waals surface area contributed by atoms with E-state index in [2.05, 4.69) is 0 Å². The second-order valence-electron chi connectivity index (χ2n) is 3.79. The molecule has 0 amide bonds. The molecule has 0 radical (unpaired) electrons. The molecule has 1 unspecified atom stereocenters. The van der Waals surface area contributed by atoms with Crippen LogP contribution in [0.3, 0.4) is 0 Å². The highest BCUT2D eigenvalue weighted by molar-refractivity contribution is 6.04. The van der Waals surface area contributed by atoms with E-state index in [1.165, 1.54) is 6.08 Å². The van der Waals surface area contributed by atoms with Crippen LogP contribution in [0.15, 0.2) is 23.8 Å². The number of allylic oxidation sites excluding steroid dienone is 4. The van der Waals surface area contributed by atoms with Crippen LogP contribution >= 0.6 is 0 Å². The molecule has 2 aliphatic carbocycles. The maximum Gasteiger partial charge on any atom is 0.178 e. The Hall–Kier alpha value is -1.18. The first-order valence-electron chi connectivity index (χ1n) is 4.60. The second-order valence-corrected chi connectivity index (χ2v) is 3.79. The van der Waals surface area contributed by atoms with Gasteiger partial charge in [0, 0.05) is 0 Å². The van der Waals surface area contributed by atoms with Gasteiger partial charge in [0.15, 0.2) is 5.78 Å². The van der Waals surface area contributed by atoms with Gasteiger partial charge in [-0.15, -0.1) is 0 Å². The predicted molar refractivity (Wildman–Crippen MR) is 49.2 cm³/mol. The Bertz CT molecular complexity index is 336. The number of carbonyl (C=O) groups is 2. The van der Waals surface area contributed by atoms with Crippen LogP contribution in [0.1, 0.15) is 26.2 Å². The monoisotopic (exact) mass is 176 g/mol. The molecule has 68 valence electrons. The fourth-order valence-electron chi connectivity index (χ4n) is 2.30. The third-order valence-electron chi connectivity index (χ3n) is 3.07. The van der Waals surface area contributed by atoms with Crippen LogP contribution in [0.2, 0.25) is 0 Å². The Morgan fingerprint density at radius 1 is 1.54 bits per heavy atom. The molecule has 1 atom stereocenters. The molecule has 2 aliphatic rings. The molecule has 0 spiro atoms. The number of rotatable bonds is 1. The van der Waals surface area contributed by atoms with E-state index in [1.807, 2.05) is 0 Å². The molecule has 0 bridgehead atoms. The number of Topliss-reactive ketones (excluding diaryl/α,β-unsaturated/α-hetero) is 1. The van der Waals surface area contributed by atoms with Crippen LogP contribution in [0.4, 0.5) is 0 Å². The maximum absolute atomic E-state index is 11.5. The van der Waals surface area contributed by atoms with Crippen molar-refractivity contribution in [2.45, 2.75) is 26.2 Å². The summed E-state index contributed by atoms with van der Waals surface area (Å²) in [6.07, 6.45) is 7.74. The molecule has 2 rings (SSSR count). The van der Waals surface area contributed by atoms with Crippen LogP contribution in [-0.2, 0) is 9.59 Å². The van der Waals surface area contributed by atoms with Gasteiger partial charge in [0.2, 0.25) is 0 Å². The molecule has 0 aliphatic heterocycles. The Balaban J connectivity index is 2.48. The van der Waals surface area contributed by atoms with Gasteiger partial charge in [-0.2, -0.15) is 0 Å². The Labute approximate surface area is 77.3 Å². The van der Waals surface area contributed by atoms with E-state index >= 15 is 0 Å². The van der Waals surface area contributed by atoms with Crippen LogP contribution in [0, 0.1) is 5.41 Å². The molecule has 0 heterocycles. The second kappa shape index (κ2) is 2.66. The first-order valence-corrected chi connectivity index (χ1v) is 4.60. The summed E-state index contributed by atoms with van der Waals surface area (Å²) in [7, 11) is 0. The molecule has 13 heavy (non-hydrogen) atoms. The molecule has 1 fully saturated rings. The summed E-state index contributed by atoms with van der Waals surface area (Å²) < 4.78 is 0. The first kappa shape index (κ1) is 8.42. The van der Waals surface area contributed by atoms with E-state index < -0.39 is 5.41 Å². The van der Waals surface area contributed by atoms with E-state index in [4.69, 9.17) is 0 Å². The van der Waals surface area contributed by atoms with Gasteiger partial charge in [-0.25, -0.2) is 0 Å². The smallest absolute Gasteiger partial charge is 0.178 e. The normalized spacial score (nSPS) is 31.5. The van der Waals surface area contributed by atoms with E-state index in [0.717, 1.165) is 24.8 Å². The predicted octanol–water partition coefficient (Wildman–Crippen LogP) is 1.81. The largest absolute Gasteiger partial charge is 0.299 e. The van der Waals surface area contributed by atoms with Crippen molar-refractivity contribution >= 4 is 11.6 Å². The third kappa shape index (κ3) is 1.09. The molecule has 0 aromatic heterocycles. The van der Waals surface area contributed by atoms with Crippen molar-refractivity contribution in [2.75, 3.05) is 0 Å². The fourth-order valence-corrected chi connectivity index (χ4v) is 2.30. The lowest BCUT2D eigenvalue weighted by molar-refractivity contribution is -0.122. The van der Waals surface area contributed by atoms with Crippen molar-refractivity contribution in [2.24, 2.45) is 5.41 Å². The number of hydrogen-bond acceptors (Lipinski definition) is 2. The summed E-state index contributed by atoms with van der Waals surface area (Å²) in [6, 6.07) is 0. The van der Waals surface area contributed by atoms with E-state index in [1.54, 1.807) is 19.1 Å². The van der Waals surface area contributed by atoms with E-state index in [-0.39, 0.29) is 11.6 Å². The van der Waals surface area contributed by atoms with Crippen LogP contribution in [-0.4, -0.2) is 11.6 Å². The molecule has 0 N–H and O–H groups in total. The van der Waals surface area contributed by atoms with Crippen molar-refractivity contribution in [1.29, 1.82) is 0 Å². The average Bonchev–Trinajstić information content (AvgIpc) is 2.48. The number of carbonyl (C=O) groups excluding carboxylic acids is 2. The molecule has 2 heteroatoms. The highest BCUT2D eigenvalue weighted by atomic mass is 16.1. The van der Waals surface area contributed by atoms with Crippen molar-refractivity contribution in [3.63, 3.8) is 0 Å². The molecular formula is C11H12O2. The molecule has 1 saturated carbocycles. The molecule has 0 aromatic rings.